The third kappa shape index (κ3) is 5.66. The molecular formula is C20H21NO7S. The van der Waals surface area contributed by atoms with Crippen LogP contribution in [0, 0.1) is 0 Å². The molecular weight excluding hydrogens is 398 g/mol. The Bertz CT molecular complexity index is 1020. The van der Waals surface area contributed by atoms with E-state index in [0.717, 1.165) is 0 Å². The maximum Gasteiger partial charge on any atom is 0.338 e. The maximum atomic E-state index is 12.3. The van der Waals surface area contributed by atoms with E-state index in [1.165, 1.54) is 56.7 Å². The average molecular weight is 419 g/mol. The van der Waals surface area contributed by atoms with Crippen LogP contribution in [0.15, 0.2) is 60.0 Å². The summed E-state index contributed by atoms with van der Waals surface area (Å²) in [7, 11) is -0.873. The van der Waals surface area contributed by atoms with Gasteiger partial charge in [-0.3, -0.25) is 4.79 Å². The molecule has 154 valence electrons. The molecule has 0 unspecified atom stereocenters. The number of ether oxygens (including phenoxy) is 3. The monoisotopic (exact) mass is 419 g/mol. The summed E-state index contributed by atoms with van der Waals surface area (Å²) in [6.07, 6.45) is 1.40. The molecule has 0 fully saturated rings. The van der Waals surface area contributed by atoms with Crippen molar-refractivity contribution in [2.24, 2.45) is 0 Å². The first-order valence-corrected chi connectivity index (χ1v) is 9.93. The Morgan fingerprint density at radius 2 is 1.76 bits per heavy atom. The van der Waals surface area contributed by atoms with Crippen molar-refractivity contribution in [2.75, 3.05) is 27.4 Å². The van der Waals surface area contributed by atoms with E-state index in [1.807, 2.05) is 0 Å². The van der Waals surface area contributed by atoms with Gasteiger partial charge in [-0.25, -0.2) is 17.9 Å². The number of esters is 1. The van der Waals surface area contributed by atoms with E-state index in [9.17, 15) is 18.0 Å². The Balaban J connectivity index is 2.08. The first-order chi connectivity index (χ1) is 13.8. The highest BCUT2D eigenvalue weighted by molar-refractivity contribution is 7.89. The van der Waals surface area contributed by atoms with Gasteiger partial charge in [-0.05, 0) is 36.4 Å². The molecule has 0 aliphatic heterocycles. The van der Waals surface area contributed by atoms with Gasteiger partial charge in [0, 0.05) is 12.1 Å². The van der Waals surface area contributed by atoms with Gasteiger partial charge in [0.15, 0.2) is 23.9 Å². The van der Waals surface area contributed by atoms with Crippen molar-refractivity contribution in [3.63, 3.8) is 0 Å². The van der Waals surface area contributed by atoms with Crippen LogP contribution in [0.25, 0.3) is 0 Å². The van der Waals surface area contributed by atoms with E-state index in [1.54, 1.807) is 6.07 Å². The van der Waals surface area contributed by atoms with Crippen LogP contribution in [0.5, 0.6) is 11.5 Å². The molecule has 8 nitrogen and oxygen atoms in total. The number of sulfonamides is 1. The van der Waals surface area contributed by atoms with E-state index in [4.69, 9.17) is 14.2 Å². The third-order valence-electron chi connectivity index (χ3n) is 3.84. The highest BCUT2D eigenvalue weighted by Gasteiger charge is 2.18. The molecule has 0 radical (unpaired) electrons. The van der Waals surface area contributed by atoms with Crippen LogP contribution in [0.3, 0.4) is 0 Å². The first-order valence-electron chi connectivity index (χ1n) is 8.45. The predicted molar refractivity (Wildman–Crippen MR) is 106 cm³/mol. The van der Waals surface area contributed by atoms with Crippen molar-refractivity contribution in [1.29, 1.82) is 0 Å². The maximum absolute atomic E-state index is 12.3. The fraction of sp³-hybridized carbons (Fsp3) is 0.200. The van der Waals surface area contributed by atoms with Crippen molar-refractivity contribution in [2.45, 2.75) is 4.90 Å². The van der Waals surface area contributed by atoms with Gasteiger partial charge >= 0.3 is 5.97 Å². The van der Waals surface area contributed by atoms with Crippen LogP contribution >= 0.6 is 0 Å². The van der Waals surface area contributed by atoms with Crippen molar-refractivity contribution >= 4 is 21.8 Å². The van der Waals surface area contributed by atoms with Crippen molar-refractivity contribution in [3.8, 4) is 11.5 Å². The van der Waals surface area contributed by atoms with Gasteiger partial charge in [-0.15, -0.1) is 6.58 Å². The minimum atomic E-state index is -3.79. The second-order valence-corrected chi connectivity index (χ2v) is 7.50. The molecule has 2 aromatic rings. The van der Waals surface area contributed by atoms with Crippen LogP contribution in [-0.4, -0.2) is 47.5 Å². The summed E-state index contributed by atoms with van der Waals surface area (Å²) < 4.78 is 41.9. The second kappa shape index (κ2) is 9.85. The van der Waals surface area contributed by atoms with Gasteiger partial charge < -0.3 is 14.2 Å². The zero-order valence-corrected chi connectivity index (χ0v) is 16.8. The van der Waals surface area contributed by atoms with E-state index in [2.05, 4.69) is 11.3 Å². The first kappa shape index (κ1) is 22.1. The Morgan fingerprint density at radius 1 is 1.03 bits per heavy atom. The van der Waals surface area contributed by atoms with Crippen LogP contribution in [0.2, 0.25) is 0 Å². The number of benzene rings is 2. The normalized spacial score (nSPS) is 10.8. The van der Waals surface area contributed by atoms with Crippen molar-refractivity contribution in [3.05, 3.63) is 66.2 Å². The number of methoxy groups -OCH3 is 2. The Morgan fingerprint density at radius 3 is 2.41 bits per heavy atom. The van der Waals surface area contributed by atoms with Crippen molar-refractivity contribution < 1.29 is 32.2 Å². The number of hydrogen-bond acceptors (Lipinski definition) is 7. The summed E-state index contributed by atoms with van der Waals surface area (Å²) >= 11 is 0. The molecule has 0 aliphatic carbocycles. The summed E-state index contributed by atoms with van der Waals surface area (Å²) in [5.41, 5.74) is 0.284. The Kier molecular flexibility index (Phi) is 7.52. The minimum absolute atomic E-state index is 0.00610. The summed E-state index contributed by atoms with van der Waals surface area (Å²) in [5, 5.41) is 0. The molecule has 0 aromatic heterocycles. The lowest BCUT2D eigenvalue weighted by Gasteiger charge is -2.10. The molecule has 0 bridgehead atoms. The smallest absolute Gasteiger partial charge is 0.338 e. The van der Waals surface area contributed by atoms with Crippen LogP contribution < -0.4 is 14.2 Å². The van der Waals surface area contributed by atoms with Gasteiger partial charge in [-0.2, -0.15) is 0 Å². The van der Waals surface area contributed by atoms with E-state index in [-0.39, 0.29) is 22.6 Å². The predicted octanol–water partition coefficient (Wildman–Crippen LogP) is 2.21. The summed E-state index contributed by atoms with van der Waals surface area (Å²) in [5.74, 6) is -0.436. The van der Waals surface area contributed by atoms with E-state index < -0.39 is 28.4 Å². The molecule has 29 heavy (non-hydrogen) atoms. The van der Waals surface area contributed by atoms with Crippen LogP contribution in [0.4, 0.5) is 0 Å². The van der Waals surface area contributed by atoms with Gasteiger partial charge in [0.05, 0.1) is 24.7 Å². The Hall–Kier alpha value is -3.17. The quantitative estimate of drug-likeness (QED) is 0.357. The Labute approximate surface area is 169 Å². The molecule has 1 N–H and O–H groups in total. The highest BCUT2D eigenvalue weighted by Crippen LogP contribution is 2.27. The number of carbonyl (C=O) groups excluding carboxylic acids is 2. The zero-order chi connectivity index (χ0) is 21.4. The fourth-order valence-electron chi connectivity index (χ4n) is 2.35. The molecule has 0 heterocycles. The second-order valence-electron chi connectivity index (χ2n) is 5.74. The van der Waals surface area contributed by atoms with Crippen molar-refractivity contribution in [1.82, 2.24) is 4.72 Å². The zero-order valence-electron chi connectivity index (χ0n) is 16.0. The van der Waals surface area contributed by atoms with E-state index in [0.29, 0.717) is 11.5 Å². The lowest BCUT2D eigenvalue weighted by Crippen LogP contribution is -2.24. The molecule has 0 amide bonds. The fourth-order valence-corrected chi connectivity index (χ4v) is 3.39. The number of rotatable bonds is 10. The van der Waals surface area contributed by atoms with Crippen LogP contribution in [-0.2, 0) is 14.8 Å². The lowest BCUT2D eigenvalue weighted by molar-refractivity contribution is 0.0474. The van der Waals surface area contributed by atoms with Crippen LogP contribution in [0.1, 0.15) is 20.7 Å². The molecule has 0 spiro atoms. The summed E-state index contributed by atoms with van der Waals surface area (Å²) in [6, 6.07) is 9.90. The molecule has 2 rings (SSSR count). The molecule has 0 atom stereocenters. The van der Waals surface area contributed by atoms with Gasteiger partial charge in [-0.1, -0.05) is 12.1 Å². The van der Waals surface area contributed by atoms with Gasteiger partial charge in [0.1, 0.15) is 0 Å². The summed E-state index contributed by atoms with van der Waals surface area (Å²) in [4.78, 5) is 24.5. The highest BCUT2D eigenvalue weighted by atomic mass is 32.2. The SMILES string of the molecule is C=CCNS(=O)(=O)c1cccc(C(=O)OCC(=O)c2ccc(OC)c(OC)c2)c1. The number of hydrogen-bond donors (Lipinski definition) is 1. The van der Waals surface area contributed by atoms with Gasteiger partial charge in [0.2, 0.25) is 10.0 Å². The topological polar surface area (TPSA) is 108 Å². The van der Waals surface area contributed by atoms with Gasteiger partial charge in [0.25, 0.3) is 0 Å². The summed E-state index contributed by atoms with van der Waals surface area (Å²) in [6.45, 7) is 2.98. The van der Waals surface area contributed by atoms with E-state index >= 15 is 0 Å². The molecule has 2 aromatic carbocycles. The number of Topliss-reactive ketones (excluding diaryl/α,β-unsaturated/α-hetero) is 1. The largest absolute Gasteiger partial charge is 0.493 e. The molecule has 0 saturated carbocycles. The average Bonchev–Trinajstić information content (AvgIpc) is 2.75. The molecule has 9 heteroatoms. The molecule has 0 aliphatic rings. The lowest BCUT2D eigenvalue weighted by atomic mass is 10.1. The number of nitrogens with one attached hydrogen (secondary N) is 1. The molecule has 0 saturated heterocycles. The third-order valence-corrected chi connectivity index (χ3v) is 5.26. The minimum Gasteiger partial charge on any atom is -0.493 e. The standard InChI is InChI=1S/C20H21NO7S/c1-4-10-21-29(24,25)16-7-5-6-15(11-16)20(23)28-13-17(22)14-8-9-18(26-2)19(12-14)27-3/h4-9,11-12,21H,1,10,13H2,2-3H3. The number of carbonyl (C=O) groups is 2. The number of ketones is 1.